The van der Waals surface area contributed by atoms with Crippen LogP contribution in [0.5, 0.6) is 0 Å². The zero-order valence-electron chi connectivity index (χ0n) is 64.8. The van der Waals surface area contributed by atoms with Crippen LogP contribution in [0.4, 0.5) is 0 Å². The van der Waals surface area contributed by atoms with Crippen molar-refractivity contribution in [3.05, 3.63) is 0 Å². The molecule has 0 rings (SSSR count). The molecule has 99 heavy (non-hydrogen) atoms. The van der Waals surface area contributed by atoms with E-state index in [2.05, 4.69) is 41.5 Å². The summed E-state index contributed by atoms with van der Waals surface area (Å²) in [5.74, 6) is -0.534. The molecule has 0 saturated carbocycles. The largest absolute Gasteiger partial charge is 0.472 e. The highest BCUT2D eigenvalue weighted by Gasteiger charge is 2.30. The predicted molar refractivity (Wildman–Crippen MR) is 405 cm³/mol. The summed E-state index contributed by atoms with van der Waals surface area (Å²) in [5, 5.41) is 10.6. The second kappa shape index (κ2) is 71.7. The van der Waals surface area contributed by atoms with Gasteiger partial charge in [0.2, 0.25) is 0 Å². The summed E-state index contributed by atoms with van der Waals surface area (Å²) in [6.07, 6.45) is 61.0. The number of aliphatic hydroxyl groups is 1. The lowest BCUT2D eigenvalue weighted by Gasteiger charge is -2.21. The van der Waals surface area contributed by atoms with Crippen LogP contribution < -0.4 is 0 Å². The number of carbonyl (C=O) groups excluding carboxylic acids is 4. The molecule has 0 aromatic rings. The lowest BCUT2D eigenvalue weighted by atomic mass is 9.99. The van der Waals surface area contributed by atoms with Crippen LogP contribution in [-0.4, -0.2) is 96.7 Å². The van der Waals surface area contributed by atoms with Crippen LogP contribution in [0.25, 0.3) is 0 Å². The second-order valence-corrected chi connectivity index (χ2v) is 32.2. The van der Waals surface area contributed by atoms with Crippen molar-refractivity contribution in [3.8, 4) is 0 Å². The summed E-state index contributed by atoms with van der Waals surface area (Å²) < 4.78 is 68.7. The Morgan fingerprint density at radius 1 is 0.283 bits per heavy atom. The van der Waals surface area contributed by atoms with E-state index in [1.165, 1.54) is 238 Å². The smallest absolute Gasteiger partial charge is 0.462 e. The Bertz CT molecular complexity index is 1910. The van der Waals surface area contributed by atoms with Gasteiger partial charge in [0.05, 0.1) is 26.4 Å². The summed E-state index contributed by atoms with van der Waals surface area (Å²) in [6.45, 7) is 9.64. The highest BCUT2D eigenvalue weighted by molar-refractivity contribution is 7.47. The number of phosphoric ester groups is 2. The van der Waals surface area contributed by atoms with E-state index in [1.54, 1.807) is 0 Å². The van der Waals surface area contributed by atoms with E-state index >= 15 is 0 Å². The first-order chi connectivity index (χ1) is 47.9. The van der Waals surface area contributed by atoms with Crippen LogP contribution in [0.1, 0.15) is 420 Å². The van der Waals surface area contributed by atoms with E-state index in [1.807, 2.05) is 0 Å². The predicted octanol–water partition coefficient (Wildman–Crippen LogP) is 23.9. The summed E-state index contributed by atoms with van der Waals surface area (Å²) in [4.78, 5) is 72.9. The normalized spacial score (nSPS) is 14.5. The van der Waals surface area contributed by atoms with Gasteiger partial charge >= 0.3 is 39.5 Å². The number of rotatable bonds is 79. The van der Waals surface area contributed by atoms with Crippen LogP contribution in [0.15, 0.2) is 0 Å². The first-order valence-corrected chi connectivity index (χ1v) is 44.6. The third kappa shape index (κ3) is 71.5. The monoisotopic (exact) mass is 1450 g/mol. The molecule has 19 heteroatoms. The molecule has 0 radical (unpaired) electrons. The average molecular weight is 1450 g/mol. The van der Waals surface area contributed by atoms with Crippen molar-refractivity contribution < 1.29 is 80.2 Å². The molecule has 0 amide bonds. The molecule has 0 saturated heterocycles. The van der Waals surface area contributed by atoms with Crippen molar-refractivity contribution in [3.63, 3.8) is 0 Å². The van der Waals surface area contributed by atoms with E-state index in [4.69, 9.17) is 37.0 Å². The van der Waals surface area contributed by atoms with Crippen molar-refractivity contribution in [2.75, 3.05) is 39.6 Å². The second-order valence-electron chi connectivity index (χ2n) is 29.3. The summed E-state index contributed by atoms with van der Waals surface area (Å²) in [5.41, 5.74) is 0. The van der Waals surface area contributed by atoms with Crippen LogP contribution in [0.2, 0.25) is 0 Å². The van der Waals surface area contributed by atoms with Gasteiger partial charge in [0.25, 0.3) is 0 Å². The van der Waals surface area contributed by atoms with E-state index in [0.717, 1.165) is 102 Å². The molecule has 0 fully saturated rings. The van der Waals surface area contributed by atoms with E-state index in [9.17, 15) is 43.2 Å². The quantitative estimate of drug-likeness (QED) is 0.0222. The maximum atomic E-state index is 13.1. The number of unbranched alkanes of at least 4 members (excludes halogenated alkanes) is 47. The molecule has 0 bridgehead atoms. The Morgan fingerprint density at radius 2 is 0.485 bits per heavy atom. The maximum Gasteiger partial charge on any atom is 0.472 e. The maximum absolute atomic E-state index is 13.1. The van der Waals surface area contributed by atoms with Gasteiger partial charge in [0.1, 0.15) is 19.3 Å². The Labute approximate surface area is 607 Å². The molecule has 17 nitrogen and oxygen atoms in total. The Balaban J connectivity index is 5.21. The van der Waals surface area contributed by atoms with Gasteiger partial charge in [-0.25, -0.2) is 9.13 Å². The van der Waals surface area contributed by atoms with Crippen molar-refractivity contribution in [2.45, 2.75) is 439 Å². The van der Waals surface area contributed by atoms with E-state index in [-0.39, 0.29) is 25.7 Å². The molecule has 0 aliphatic carbocycles. The molecule has 0 aliphatic rings. The minimum absolute atomic E-state index is 0.105. The minimum Gasteiger partial charge on any atom is -0.462 e. The fourth-order valence-corrected chi connectivity index (χ4v) is 13.9. The zero-order chi connectivity index (χ0) is 72.8. The molecule has 0 aromatic heterocycles. The Hall–Kier alpha value is -1.94. The fraction of sp³-hybridized carbons (Fsp3) is 0.950. The molecule has 3 N–H and O–H groups in total. The molecular weight excluding hydrogens is 1290 g/mol. The molecule has 0 spiro atoms. The van der Waals surface area contributed by atoms with Gasteiger partial charge in [-0.1, -0.05) is 369 Å². The van der Waals surface area contributed by atoms with Crippen LogP contribution >= 0.6 is 15.6 Å². The minimum atomic E-state index is -4.96. The molecular formula is C80H156O17P2. The van der Waals surface area contributed by atoms with Crippen LogP contribution in [0.3, 0.4) is 0 Å². The highest BCUT2D eigenvalue weighted by atomic mass is 31.2. The summed E-state index contributed by atoms with van der Waals surface area (Å²) in [6, 6.07) is 0. The number of hydrogen-bond acceptors (Lipinski definition) is 15. The van der Waals surface area contributed by atoms with Crippen molar-refractivity contribution in [1.29, 1.82) is 0 Å². The van der Waals surface area contributed by atoms with Gasteiger partial charge in [-0.3, -0.25) is 37.3 Å². The van der Waals surface area contributed by atoms with Crippen molar-refractivity contribution in [2.24, 2.45) is 11.8 Å². The number of carbonyl (C=O) groups is 4. The van der Waals surface area contributed by atoms with Crippen molar-refractivity contribution in [1.82, 2.24) is 0 Å². The zero-order valence-corrected chi connectivity index (χ0v) is 66.6. The lowest BCUT2D eigenvalue weighted by Crippen LogP contribution is -2.30. The molecule has 588 valence electrons. The van der Waals surface area contributed by atoms with Crippen LogP contribution in [0, 0.1) is 11.8 Å². The SMILES string of the molecule is CCCCCCCCCCCCCCCCCCCCCCCCC(=O)O[C@H](COC(=O)CCCCCCCCCCCCC(C)CC)COP(=O)(O)OC[C@@H](O)COP(=O)(O)OC[C@@H](COC(=O)CCCCCCCCCCCCC)OC(=O)CCCCCCCCCCC(C)CC. The van der Waals surface area contributed by atoms with E-state index in [0.29, 0.717) is 25.7 Å². The molecule has 0 aliphatic heterocycles. The van der Waals surface area contributed by atoms with Crippen LogP contribution in [-0.2, 0) is 65.4 Å². The highest BCUT2D eigenvalue weighted by Crippen LogP contribution is 2.45. The van der Waals surface area contributed by atoms with Gasteiger partial charge in [0.15, 0.2) is 12.2 Å². The molecule has 0 heterocycles. The number of phosphoric acid groups is 2. The Kier molecular flexibility index (Phi) is 70.3. The number of aliphatic hydroxyl groups excluding tert-OH is 1. The first kappa shape index (κ1) is 97.1. The summed E-state index contributed by atoms with van der Waals surface area (Å²) >= 11 is 0. The van der Waals surface area contributed by atoms with Gasteiger partial charge in [0, 0.05) is 25.7 Å². The molecule has 7 atom stereocenters. The lowest BCUT2D eigenvalue weighted by molar-refractivity contribution is -0.161. The van der Waals surface area contributed by atoms with Crippen molar-refractivity contribution >= 4 is 39.5 Å². The average Bonchev–Trinajstić information content (AvgIpc) is 1.07. The third-order valence-corrected chi connectivity index (χ3v) is 21.3. The van der Waals surface area contributed by atoms with Gasteiger partial charge in [-0.05, 0) is 37.5 Å². The first-order valence-electron chi connectivity index (χ1n) is 41.6. The topological polar surface area (TPSA) is 237 Å². The molecule has 4 unspecified atom stereocenters. The van der Waals surface area contributed by atoms with Gasteiger partial charge in [-0.2, -0.15) is 0 Å². The number of esters is 4. The molecule has 0 aromatic carbocycles. The Morgan fingerprint density at radius 3 is 0.717 bits per heavy atom. The number of hydrogen-bond donors (Lipinski definition) is 3. The standard InChI is InChI=1S/C80H156O17P2/c1-7-11-13-15-17-19-21-22-23-24-25-26-27-28-29-30-31-33-39-46-52-58-64-79(84)96-75(68-91-78(83)63-57-51-45-38-35-34-36-42-48-54-60-72(5)9-3)70-94-98(86,87)92-66-74(81)67-93-99(88,89)95-71-76(69-90-77(82)62-56-50-44-37-32-20-18-16-14-12-8-2)97-80(85)65-59-53-47-41-40-43-49-55-61-73(6)10-4/h72-76,81H,7-71H2,1-6H3,(H,86,87)(H,88,89)/t72?,73?,74-,75-,76-/m1/s1. The van der Waals surface area contributed by atoms with Gasteiger partial charge in [-0.15, -0.1) is 0 Å². The summed E-state index contributed by atoms with van der Waals surface area (Å²) in [7, 11) is -9.92. The third-order valence-electron chi connectivity index (χ3n) is 19.4. The van der Waals surface area contributed by atoms with E-state index < -0.39 is 97.5 Å². The number of ether oxygens (including phenoxy) is 4. The fourth-order valence-electron chi connectivity index (χ4n) is 12.3. The van der Waals surface area contributed by atoms with Gasteiger partial charge < -0.3 is 33.8 Å².